The van der Waals surface area contributed by atoms with E-state index in [4.69, 9.17) is 4.99 Å². The number of anilines is 1. The summed E-state index contributed by atoms with van der Waals surface area (Å²) in [5.74, 6) is 1.84. The van der Waals surface area contributed by atoms with Crippen LogP contribution in [0, 0.1) is 5.92 Å². The molecule has 232 valence electrons. The van der Waals surface area contributed by atoms with Crippen molar-refractivity contribution >= 4 is 33.3 Å². The molecule has 1 aromatic heterocycles. The van der Waals surface area contributed by atoms with Gasteiger partial charge in [-0.25, -0.2) is 0 Å². The average Bonchev–Trinajstić information content (AvgIpc) is 3.64. The van der Waals surface area contributed by atoms with Crippen molar-refractivity contribution in [2.45, 2.75) is 37.4 Å². The van der Waals surface area contributed by atoms with Crippen molar-refractivity contribution in [3.63, 3.8) is 0 Å². The molecule has 0 radical (unpaired) electrons. The maximum Gasteiger partial charge on any atom is 0.261 e. The zero-order chi connectivity index (χ0) is 31.6. The summed E-state index contributed by atoms with van der Waals surface area (Å²) >= 11 is 0. The third kappa shape index (κ3) is 4.22. The molecule has 0 fully saturated rings. The maximum atomic E-state index is 5.27. The van der Waals surface area contributed by atoms with Crippen LogP contribution in [0.2, 0.25) is 0 Å². The number of rotatable bonds is 5. The van der Waals surface area contributed by atoms with E-state index in [-0.39, 0.29) is 6.17 Å². The largest absolute Gasteiger partial charge is 0.341 e. The predicted molar refractivity (Wildman–Crippen MR) is 196 cm³/mol. The number of hydrogen-bond donors (Lipinski definition) is 1. The Morgan fingerprint density at radius 3 is 2.23 bits per heavy atom. The minimum absolute atomic E-state index is 0.0252. The lowest BCUT2D eigenvalue weighted by atomic mass is 9.78. The fourth-order valence-electron chi connectivity index (χ4n) is 8.77. The first-order chi connectivity index (χ1) is 23.8. The molecule has 0 bridgehead atoms. The zero-order valence-electron chi connectivity index (χ0n) is 26.8. The lowest BCUT2D eigenvalue weighted by Gasteiger charge is -2.36. The molecule has 4 aliphatic rings. The molecule has 5 atom stereocenters. The van der Waals surface area contributed by atoms with Crippen LogP contribution in [0.3, 0.4) is 0 Å². The molecule has 5 unspecified atom stereocenters. The van der Waals surface area contributed by atoms with Gasteiger partial charge in [0.1, 0.15) is 11.0 Å². The zero-order valence-corrected chi connectivity index (χ0v) is 26.8. The van der Waals surface area contributed by atoms with Crippen LogP contribution < -0.4 is 9.91 Å². The molecule has 6 aromatic rings. The van der Waals surface area contributed by atoms with Crippen molar-refractivity contribution in [1.82, 2.24) is 4.68 Å². The van der Waals surface area contributed by atoms with Gasteiger partial charge in [-0.15, -0.1) is 0 Å². The van der Waals surface area contributed by atoms with E-state index in [1.807, 2.05) is 0 Å². The van der Waals surface area contributed by atoms with Crippen LogP contribution in [0.25, 0.3) is 21.8 Å². The van der Waals surface area contributed by atoms with Crippen molar-refractivity contribution in [2.24, 2.45) is 10.9 Å². The van der Waals surface area contributed by atoms with Crippen molar-refractivity contribution in [1.29, 1.82) is 0 Å². The van der Waals surface area contributed by atoms with E-state index < -0.39 is 0 Å². The van der Waals surface area contributed by atoms with Crippen molar-refractivity contribution in [3.05, 3.63) is 186 Å². The second-order valence-electron chi connectivity index (χ2n) is 13.5. The standard InChI is InChI=1S/C44H36N4/c1-4-14-30(15-5-1)43-45-44(31-16-6-2-7-17-31)48(43)47-40-23-13-11-21-36(40)38-27-25-33(29-42(38)47)32-24-26-37-35-20-10-12-22-39(35)46(41(37)28-32)34-18-8-3-9-19-34/h1-11,13-21,23-27,29,32,37,41,43H,12,22,28H2/p+1. The van der Waals surface area contributed by atoms with E-state index in [1.54, 1.807) is 0 Å². The lowest BCUT2D eigenvalue weighted by molar-refractivity contribution is -0.901. The number of nitrogens with zero attached hydrogens (tertiary/aromatic N) is 3. The van der Waals surface area contributed by atoms with Crippen LogP contribution in [0.1, 0.15) is 48.0 Å². The van der Waals surface area contributed by atoms with Crippen LogP contribution in [-0.2, 0) is 0 Å². The topological polar surface area (TPSA) is 25.0 Å². The number of hydrogen-bond acceptors (Lipinski definition) is 2. The molecule has 3 heterocycles. The highest BCUT2D eigenvalue weighted by Crippen LogP contribution is 2.48. The smallest absolute Gasteiger partial charge is 0.261 e. The summed E-state index contributed by atoms with van der Waals surface area (Å²) in [7, 11) is 0. The van der Waals surface area contributed by atoms with Crippen molar-refractivity contribution in [2.75, 3.05) is 4.90 Å². The molecule has 4 nitrogen and oxygen atoms in total. The summed E-state index contributed by atoms with van der Waals surface area (Å²) in [6.07, 6.45) is 13.1. The van der Waals surface area contributed by atoms with Gasteiger partial charge in [-0.05, 0) is 66.8 Å². The number of fused-ring (bicyclic) bond motifs is 5. The lowest BCUT2D eigenvalue weighted by Crippen LogP contribution is -3.21. The predicted octanol–water partition coefficient (Wildman–Crippen LogP) is 8.75. The third-order valence-corrected chi connectivity index (χ3v) is 10.9. The highest BCUT2D eigenvalue weighted by molar-refractivity contribution is 6.08. The summed E-state index contributed by atoms with van der Waals surface area (Å²) in [5, 5.41) is 3.83. The molecule has 2 aliphatic carbocycles. The van der Waals surface area contributed by atoms with Gasteiger partial charge in [-0.2, -0.15) is 14.7 Å². The molecule has 2 aliphatic heterocycles. The first-order valence-electron chi connectivity index (χ1n) is 17.3. The van der Waals surface area contributed by atoms with Gasteiger partial charge in [0.15, 0.2) is 0 Å². The Kier molecular flexibility index (Phi) is 6.38. The van der Waals surface area contributed by atoms with Gasteiger partial charge in [0.05, 0.1) is 5.56 Å². The Hall–Kier alpha value is -5.45. The van der Waals surface area contributed by atoms with Gasteiger partial charge in [0.2, 0.25) is 6.17 Å². The molecule has 4 heteroatoms. The molecular formula is C44H37N4+. The molecule has 48 heavy (non-hydrogen) atoms. The van der Waals surface area contributed by atoms with Crippen LogP contribution in [0.15, 0.2) is 174 Å². The van der Waals surface area contributed by atoms with E-state index in [0.717, 1.165) is 30.7 Å². The van der Waals surface area contributed by atoms with Gasteiger partial charge in [0.25, 0.3) is 5.84 Å². The Morgan fingerprint density at radius 1 is 0.667 bits per heavy atom. The van der Waals surface area contributed by atoms with E-state index >= 15 is 0 Å². The fourth-order valence-corrected chi connectivity index (χ4v) is 8.77. The number of aromatic nitrogens is 1. The molecule has 0 saturated heterocycles. The van der Waals surface area contributed by atoms with Crippen LogP contribution in [0.5, 0.6) is 0 Å². The quantitative estimate of drug-likeness (QED) is 0.191. The van der Waals surface area contributed by atoms with E-state index in [2.05, 4.69) is 167 Å². The van der Waals surface area contributed by atoms with Crippen molar-refractivity contribution in [3.8, 4) is 0 Å². The molecule has 0 spiro atoms. The van der Waals surface area contributed by atoms with E-state index in [9.17, 15) is 0 Å². The summed E-state index contributed by atoms with van der Waals surface area (Å²) < 4.78 is 2.52. The van der Waals surface area contributed by atoms with E-state index in [1.165, 1.54) is 54.9 Å². The van der Waals surface area contributed by atoms with Crippen LogP contribution in [0.4, 0.5) is 5.69 Å². The Balaban J connectivity index is 1.10. The normalized spacial score (nSPS) is 24.5. The maximum absolute atomic E-state index is 5.27. The van der Waals surface area contributed by atoms with Crippen LogP contribution >= 0.6 is 0 Å². The third-order valence-electron chi connectivity index (χ3n) is 10.9. The molecule has 1 N–H and O–H groups in total. The number of benzene rings is 5. The molecule has 10 rings (SSSR count). The number of para-hydroxylation sites is 2. The summed E-state index contributed by atoms with van der Waals surface area (Å²) in [6, 6.07) is 49.0. The van der Waals surface area contributed by atoms with Crippen molar-refractivity contribution < 1.29 is 5.01 Å². The second kappa shape index (κ2) is 11.1. The first-order valence-corrected chi connectivity index (χ1v) is 17.3. The molecule has 0 amide bonds. The van der Waals surface area contributed by atoms with Gasteiger partial charge in [0, 0.05) is 45.6 Å². The first kappa shape index (κ1) is 27.6. The summed E-state index contributed by atoms with van der Waals surface area (Å²) in [6.45, 7) is 0. The Bertz CT molecular complexity index is 2290. The minimum Gasteiger partial charge on any atom is -0.341 e. The van der Waals surface area contributed by atoms with Gasteiger partial charge in [-0.1, -0.05) is 121 Å². The highest BCUT2D eigenvalue weighted by Gasteiger charge is 2.44. The Labute approximate surface area is 281 Å². The number of allylic oxidation sites excluding steroid dienone is 4. The number of amidine groups is 1. The number of aliphatic imine (C=N–C) groups is 1. The van der Waals surface area contributed by atoms with Gasteiger partial charge in [-0.3, -0.25) is 0 Å². The van der Waals surface area contributed by atoms with Gasteiger partial charge < -0.3 is 4.90 Å². The monoisotopic (exact) mass is 621 g/mol. The number of nitrogens with one attached hydrogen (secondary N) is 1. The summed E-state index contributed by atoms with van der Waals surface area (Å²) in [4.78, 5) is 7.94. The molecule has 0 saturated carbocycles. The SMILES string of the molecule is C1=CC2=C(CC1)N(c1ccccc1)C1CC(c3ccc4c5ccccc5n([NH+]5C(c6ccccc6)=NC5c5ccccc5)c4c3)C=CC21. The summed E-state index contributed by atoms with van der Waals surface area (Å²) in [5.41, 5.74) is 10.6. The molecular weight excluding hydrogens is 585 g/mol. The minimum atomic E-state index is -0.0252. The average molecular weight is 622 g/mol. The number of quaternary nitrogens is 1. The van der Waals surface area contributed by atoms with E-state index in [0.29, 0.717) is 17.9 Å². The van der Waals surface area contributed by atoms with Gasteiger partial charge >= 0.3 is 0 Å². The van der Waals surface area contributed by atoms with Crippen LogP contribution in [-0.4, -0.2) is 16.6 Å². The highest BCUT2D eigenvalue weighted by atomic mass is 15.7. The molecule has 5 aromatic carbocycles. The Morgan fingerprint density at radius 2 is 1.40 bits per heavy atom. The fraction of sp³-hybridized carbons (Fsp3) is 0.159. The second-order valence-corrected chi connectivity index (χ2v) is 13.5.